The Morgan fingerprint density at radius 2 is 1.93 bits per heavy atom. The Morgan fingerprint density at radius 1 is 1.11 bits per heavy atom. The molecule has 6 nitrogen and oxygen atoms in total. The molecule has 6 heteroatoms. The van der Waals surface area contributed by atoms with E-state index in [4.69, 9.17) is 4.42 Å². The van der Waals surface area contributed by atoms with Crippen molar-refractivity contribution in [3.05, 3.63) is 89.6 Å². The summed E-state index contributed by atoms with van der Waals surface area (Å²) in [6, 6.07) is 15.2. The highest BCUT2D eigenvalue weighted by atomic mass is 16.3. The summed E-state index contributed by atoms with van der Waals surface area (Å²) < 4.78 is 7.15. The minimum atomic E-state index is -0.206. The predicted molar refractivity (Wildman–Crippen MR) is 106 cm³/mol. The van der Waals surface area contributed by atoms with Gasteiger partial charge in [-0.3, -0.25) is 9.78 Å². The smallest absolute Gasteiger partial charge is 0.270 e. The van der Waals surface area contributed by atoms with Gasteiger partial charge in [-0.2, -0.15) is 5.10 Å². The molecule has 1 amide bonds. The first-order chi connectivity index (χ1) is 13.6. The molecule has 4 aromatic rings. The van der Waals surface area contributed by atoms with Crippen molar-refractivity contribution in [2.45, 2.75) is 20.4 Å². The maximum Gasteiger partial charge on any atom is 0.270 e. The van der Waals surface area contributed by atoms with Gasteiger partial charge in [-0.15, -0.1) is 0 Å². The molecule has 140 valence electrons. The van der Waals surface area contributed by atoms with E-state index in [1.54, 1.807) is 35.5 Å². The van der Waals surface area contributed by atoms with Crippen LogP contribution in [-0.2, 0) is 6.54 Å². The lowest BCUT2D eigenvalue weighted by Gasteiger charge is -2.11. The molecule has 0 radical (unpaired) electrons. The van der Waals surface area contributed by atoms with Crippen molar-refractivity contribution < 1.29 is 9.21 Å². The van der Waals surface area contributed by atoms with E-state index in [0.717, 1.165) is 22.4 Å². The first kappa shape index (κ1) is 17.7. The third kappa shape index (κ3) is 3.57. The molecule has 0 atom stereocenters. The lowest BCUT2D eigenvalue weighted by atomic mass is 10.1. The highest BCUT2D eigenvalue weighted by Gasteiger charge is 2.19. The average Bonchev–Trinajstić information content (AvgIpc) is 3.38. The van der Waals surface area contributed by atoms with Crippen LogP contribution in [0.4, 0.5) is 0 Å². The Kier molecular flexibility index (Phi) is 4.76. The highest BCUT2D eigenvalue weighted by molar-refractivity contribution is 5.94. The van der Waals surface area contributed by atoms with E-state index in [0.29, 0.717) is 23.7 Å². The van der Waals surface area contributed by atoms with Gasteiger partial charge < -0.3 is 9.73 Å². The van der Waals surface area contributed by atoms with Crippen LogP contribution in [0.5, 0.6) is 0 Å². The van der Waals surface area contributed by atoms with Gasteiger partial charge in [0, 0.05) is 25.0 Å². The molecule has 0 bridgehead atoms. The van der Waals surface area contributed by atoms with Crippen molar-refractivity contribution in [3.8, 4) is 17.1 Å². The van der Waals surface area contributed by atoms with Crippen LogP contribution in [0.1, 0.15) is 27.2 Å². The van der Waals surface area contributed by atoms with Crippen molar-refractivity contribution in [3.63, 3.8) is 0 Å². The molecule has 0 aliphatic carbocycles. The second-order valence-electron chi connectivity index (χ2n) is 6.63. The first-order valence-corrected chi connectivity index (χ1v) is 9.00. The van der Waals surface area contributed by atoms with Crippen molar-refractivity contribution in [1.29, 1.82) is 0 Å². The summed E-state index contributed by atoms with van der Waals surface area (Å²) >= 11 is 0. The molecule has 0 unspecified atom stereocenters. The minimum absolute atomic E-state index is 0.206. The summed E-state index contributed by atoms with van der Waals surface area (Å²) in [5, 5.41) is 7.61. The second kappa shape index (κ2) is 7.52. The summed E-state index contributed by atoms with van der Waals surface area (Å²) in [5.74, 6) is 0.412. The number of nitrogens with one attached hydrogen (secondary N) is 1. The molecule has 0 saturated carbocycles. The van der Waals surface area contributed by atoms with Gasteiger partial charge in [0.1, 0.15) is 11.4 Å². The maximum atomic E-state index is 13.0. The summed E-state index contributed by atoms with van der Waals surface area (Å²) in [7, 11) is 0. The number of pyridine rings is 1. The Labute approximate surface area is 162 Å². The Balaban J connectivity index is 1.72. The molecule has 0 fully saturated rings. The van der Waals surface area contributed by atoms with E-state index in [2.05, 4.69) is 15.4 Å². The molecule has 0 saturated heterocycles. The van der Waals surface area contributed by atoms with Crippen LogP contribution in [0.2, 0.25) is 0 Å². The number of hydrogen-bond acceptors (Lipinski definition) is 4. The van der Waals surface area contributed by atoms with Crippen LogP contribution in [0.25, 0.3) is 17.1 Å². The van der Waals surface area contributed by atoms with Gasteiger partial charge in [0.15, 0.2) is 5.76 Å². The topological polar surface area (TPSA) is 73.0 Å². The zero-order valence-corrected chi connectivity index (χ0v) is 15.7. The molecule has 3 heterocycles. The number of furan rings is 1. The molecule has 1 aromatic carbocycles. The normalized spacial score (nSPS) is 10.8. The number of aryl methyl sites for hydroxylation is 2. The van der Waals surface area contributed by atoms with E-state index in [-0.39, 0.29) is 5.91 Å². The number of amides is 1. The first-order valence-electron chi connectivity index (χ1n) is 9.00. The van der Waals surface area contributed by atoms with Gasteiger partial charge in [-0.1, -0.05) is 12.1 Å². The van der Waals surface area contributed by atoms with E-state index < -0.39 is 0 Å². The number of carbonyl (C=O) groups is 1. The van der Waals surface area contributed by atoms with Crippen molar-refractivity contribution >= 4 is 5.91 Å². The maximum absolute atomic E-state index is 13.0. The third-order valence-electron chi connectivity index (χ3n) is 4.51. The van der Waals surface area contributed by atoms with Gasteiger partial charge in [0.2, 0.25) is 0 Å². The number of hydrogen-bond donors (Lipinski definition) is 1. The summed E-state index contributed by atoms with van der Waals surface area (Å²) in [4.78, 5) is 17.0. The Morgan fingerprint density at radius 3 is 2.68 bits per heavy atom. The van der Waals surface area contributed by atoms with Crippen LogP contribution in [0.15, 0.2) is 71.6 Å². The lowest BCUT2D eigenvalue weighted by Crippen LogP contribution is -2.25. The van der Waals surface area contributed by atoms with Crippen molar-refractivity contribution in [2.75, 3.05) is 0 Å². The zero-order valence-electron chi connectivity index (χ0n) is 15.7. The number of carbonyl (C=O) groups excluding carboxylic acids is 1. The van der Waals surface area contributed by atoms with Crippen molar-refractivity contribution in [2.24, 2.45) is 0 Å². The molecular formula is C22H20N4O2. The van der Waals surface area contributed by atoms with Crippen LogP contribution < -0.4 is 5.32 Å². The van der Waals surface area contributed by atoms with Gasteiger partial charge in [-0.05, 0) is 60.9 Å². The molecule has 4 rings (SSSR count). The highest BCUT2D eigenvalue weighted by Crippen LogP contribution is 2.24. The quantitative estimate of drug-likeness (QED) is 0.573. The fraction of sp³-hybridized carbons (Fsp3) is 0.136. The third-order valence-corrected chi connectivity index (χ3v) is 4.51. The largest absolute Gasteiger partial charge is 0.463 e. The zero-order chi connectivity index (χ0) is 19.5. The van der Waals surface area contributed by atoms with E-state index in [1.165, 1.54) is 0 Å². The van der Waals surface area contributed by atoms with E-state index in [9.17, 15) is 4.79 Å². The standard InChI is InChI=1S/C22H20N4O2/c1-15-5-6-16(2)19(12-15)26-20(13-18(25-26)21-4-3-11-28-21)22(27)24-14-17-7-9-23-10-8-17/h3-13H,14H2,1-2H3,(H,24,27). The van der Waals surface area contributed by atoms with Crippen molar-refractivity contribution in [1.82, 2.24) is 20.1 Å². The van der Waals surface area contributed by atoms with E-state index >= 15 is 0 Å². The number of aromatic nitrogens is 3. The monoisotopic (exact) mass is 372 g/mol. The minimum Gasteiger partial charge on any atom is -0.463 e. The average molecular weight is 372 g/mol. The molecule has 0 aliphatic rings. The van der Waals surface area contributed by atoms with Gasteiger partial charge in [0.25, 0.3) is 5.91 Å². The Hall–Kier alpha value is -3.67. The number of nitrogens with zero attached hydrogens (tertiary/aromatic N) is 3. The van der Waals surface area contributed by atoms with Crippen LogP contribution in [-0.4, -0.2) is 20.7 Å². The summed E-state index contributed by atoms with van der Waals surface area (Å²) in [5.41, 5.74) is 5.04. The Bertz CT molecular complexity index is 1100. The fourth-order valence-electron chi connectivity index (χ4n) is 2.99. The fourth-order valence-corrected chi connectivity index (χ4v) is 2.99. The van der Waals surface area contributed by atoms with Crippen LogP contribution in [0, 0.1) is 13.8 Å². The lowest BCUT2D eigenvalue weighted by molar-refractivity contribution is 0.0943. The molecular weight excluding hydrogens is 352 g/mol. The molecule has 0 aliphatic heterocycles. The summed E-state index contributed by atoms with van der Waals surface area (Å²) in [6.45, 7) is 4.43. The van der Waals surface area contributed by atoms with Gasteiger partial charge in [0.05, 0.1) is 12.0 Å². The van der Waals surface area contributed by atoms with Gasteiger partial charge in [-0.25, -0.2) is 4.68 Å². The van der Waals surface area contributed by atoms with Crippen LogP contribution in [0.3, 0.4) is 0 Å². The SMILES string of the molecule is Cc1ccc(C)c(-n2nc(-c3ccco3)cc2C(=O)NCc2ccncc2)c1. The van der Waals surface area contributed by atoms with Gasteiger partial charge >= 0.3 is 0 Å². The second-order valence-corrected chi connectivity index (χ2v) is 6.63. The molecule has 28 heavy (non-hydrogen) atoms. The van der Waals surface area contributed by atoms with Crippen LogP contribution >= 0.6 is 0 Å². The van der Waals surface area contributed by atoms with E-state index in [1.807, 2.05) is 50.2 Å². The number of benzene rings is 1. The predicted octanol–water partition coefficient (Wildman–Crippen LogP) is 4.07. The molecule has 3 aromatic heterocycles. The number of rotatable bonds is 5. The molecule has 0 spiro atoms. The molecule has 1 N–H and O–H groups in total. The summed E-state index contributed by atoms with van der Waals surface area (Å²) in [6.07, 6.45) is 5.00.